The number of alkyl carbamates (subject to hydrolysis) is 1. The Balaban J connectivity index is 1.67. The van der Waals surface area contributed by atoms with E-state index < -0.39 is 36.6 Å². The van der Waals surface area contributed by atoms with Gasteiger partial charge in [-0.25, -0.2) is 9.59 Å². The Bertz CT molecular complexity index is 867. The van der Waals surface area contributed by atoms with E-state index in [1.807, 2.05) is 53.8 Å². The van der Waals surface area contributed by atoms with Crippen molar-refractivity contribution < 1.29 is 32.6 Å². The quantitative estimate of drug-likeness (QED) is 0.736. The molecule has 0 saturated heterocycles. The van der Waals surface area contributed by atoms with Gasteiger partial charge in [0, 0.05) is 5.92 Å². The number of ether oxygens (including phenoxy) is 1. The average molecular weight is 407 g/mol. The number of carbonyl (C=O) groups excluding carboxylic acids is 1. The van der Waals surface area contributed by atoms with E-state index in [0.717, 1.165) is 29.2 Å². The molecule has 29 heavy (non-hydrogen) atoms. The highest BCUT2D eigenvalue weighted by atomic mass is 19.4. The third-order valence-corrected chi connectivity index (χ3v) is 5.08. The molecule has 1 aliphatic carbocycles. The number of alkyl halides is 3. The number of carbonyl (C=O) groups is 2. The summed E-state index contributed by atoms with van der Waals surface area (Å²) in [6.45, 7) is 0.816. The third-order valence-electron chi connectivity index (χ3n) is 5.08. The third kappa shape index (κ3) is 4.52. The minimum Gasteiger partial charge on any atom is -0.480 e. The fraction of sp³-hybridized carbons (Fsp3) is 0.333. The number of hydrogen-bond acceptors (Lipinski definition) is 3. The number of aliphatic carboxylic acids is 1. The molecule has 0 fully saturated rings. The van der Waals surface area contributed by atoms with Gasteiger partial charge in [-0.05, 0) is 28.7 Å². The van der Waals surface area contributed by atoms with E-state index in [1.54, 1.807) is 0 Å². The summed E-state index contributed by atoms with van der Waals surface area (Å²) in [5, 5.41) is 11.2. The van der Waals surface area contributed by atoms with E-state index >= 15 is 0 Å². The molecule has 0 aromatic heterocycles. The molecule has 2 aromatic carbocycles. The number of fused-ring (bicyclic) bond motifs is 3. The van der Waals surface area contributed by atoms with Gasteiger partial charge < -0.3 is 15.2 Å². The molecule has 2 atom stereocenters. The normalized spacial score (nSPS) is 15.2. The van der Waals surface area contributed by atoms with Crippen molar-refractivity contribution >= 4 is 12.1 Å². The van der Waals surface area contributed by atoms with Crippen LogP contribution in [0.2, 0.25) is 0 Å². The van der Waals surface area contributed by atoms with Crippen LogP contribution in [-0.4, -0.2) is 36.0 Å². The summed E-state index contributed by atoms with van der Waals surface area (Å²) in [6, 6.07) is 13.6. The largest absolute Gasteiger partial charge is 0.480 e. The smallest absolute Gasteiger partial charge is 0.407 e. The zero-order chi connectivity index (χ0) is 21.2. The minimum atomic E-state index is -4.55. The Kier molecular flexibility index (Phi) is 5.81. The van der Waals surface area contributed by atoms with Crippen LogP contribution in [-0.2, 0) is 9.53 Å². The summed E-state index contributed by atoms with van der Waals surface area (Å²) in [7, 11) is 0. The van der Waals surface area contributed by atoms with E-state index in [9.17, 15) is 22.8 Å². The molecule has 3 rings (SSSR count). The zero-order valence-corrected chi connectivity index (χ0v) is 15.6. The average Bonchev–Trinajstić information content (AvgIpc) is 2.99. The maximum atomic E-state index is 12.7. The molecular weight excluding hydrogens is 387 g/mol. The topological polar surface area (TPSA) is 75.6 Å². The molecule has 0 bridgehead atoms. The van der Waals surface area contributed by atoms with Gasteiger partial charge in [-0.15, -0.1) is 0 Å². The monoisotopic (exact) mass is 407 g/mol. The van der Waals surface area contributed by atoms with E-state index in [1.165, 1.54) is 0 Å². The zero-order valence-electron chi connectivity index (χ0n) is 15.6. The van der Waals surface area contributed by atoms with Crippen molar-refractivity contribution in [2.24, 2.45) is 5.92 Å². The highest BCUT2D eigenvalue weighted by Gasteiger charge is 2.39. The van der Waals surface area contributed by atoms with Crippen molar-refractivity contribution in [2.45, 2.75) is 31.5 Å². The van der Waals surface area contributed by atoms with Gasteiger partial charge in [0.2, 0.25) is 0 Å². The molecule has 0 aliphatic heterocycles. The van der Waals surface area contributed by atoms with E-state index in [0.29, 0.717) is 0 Å². The van der Waals surface area contributed by atoms with Gasteiger partial charge in [-0.3, -0.25) is 0 Å². The molecule has 8 heteroatoms. The Morgan fingerprint density at radius 1 is 1.07 bits per heavy atom. The summed E-state index contributed by atoms with van der Waals surface area (Å²) in [6.07, 6.45) is -6.38. The molecule has 0 spiro atoms. The van der Waals surface area contributed by atoms with E-state index in [4.69, 9.17) is 9.84 Å². The van der Waals surface area contributed by atoms with Crippen LogP contribution in [0.15, 0.2) is 48.5 Å². The molecule has 5 nitrogen and oxygen atoms in total. The first-order valence-electron chi connectivity index (χ1n) is 9.09. The van der Waals surface area contributed by atoms with Gasteiger partial charge in [-0.2, -0.15) is 13.2 Å². The van der Waals surface area contributed by atoms with Crippen LogP contribution < -0.4 is 5.32 Å². The Labute approximate surface area is 165 Å². The first-order chi connectivity index (χ1) is 13.7. The second-order valence-electron chi connectivity index (χ2n) is 7.04. The van der Waals surface area contributed by atoms with E-state index in [-0.39, 0.29) is 12.5 Å². The number of hydrogen-bond donors (Lipinski definition) is 2. The first-order valence-corrected chi connectivity index (χ1v) is 9.09. The van der Waals surface area contributed by atoms with Gasteiger partial charge in [-0.1, -0.05) is 55.5 Å². The van der Waals surface area contributed by atoms with Crippen LogP contribution in [0.5, 0.6) is 0 Å². The number of amides is 1. The minimum absolute atomic E-state index is 0.0545. The lowest BCUT2D eigenvalue weighted by atomic mass is 9.98. The predicted octanol–water partition coefficient (Wildman–Crippen LogP) is 4.57. The second kappa shape index (κ2) is 8.14. The number of halogens is 3. The van der Waals surface area contributed by atoms with Gasteiger partial charge in [0.1, 0.15) is 12.6 Å². The molecule has 0 heterocycles. The number of benzene rings is 2. The first kappa shape index (κ1) is 20.7. The van der Waals surface area contributed by atoms with Gasteiger partial charge in [0.25, 0.3) is 0 Å². The molecule has 154 valence electrons. The van der Waals surface area contributed by atoms with Crippen LogP contribution in [0.25, 0.3) is 11.1 Å². The van der Waals surface area contributed by atoms with Crippen molar-refractivity contribution in [3.63, 3.8) is 0 Å². The van der Waals surface area contributed by atoms with Gasteiger partial charge in [0.05, 0.1) is 5.92 Å². The summed E-state index contributed by atoms with van der Waals surface area (Å²) < 4.78 is 43.3. The molecule has 0 unspecified atom stereocenters. The Morgan fingerprint density at radius 2 is 1.59 bits per heavy atom. The molecular formula is C21H20F3NO4. The molecule has 0 radical (unpaired) electrons. The van der Waals surface area contributed by atoms with Gasteiger partial charge in [0.15, 0.2) is 0 Å². The number of carboxylic acids is 1. The summed E-state index contributed by atoms with van der Waals surface area (Å²) >= 11 is 0. The van der Waals surface area contributed by atoms with Crippen molar-refractivity contribution in [3.8, 4) is 11.1 Å². The van der Waals surface area contributed by atoms with Crippen molar-refractivity contribution in [1.29, 1.82) is 0 Å². The molecule has 1 amide bonds. The lowest BCUT2D eigenvalue weighted by Crippen LogP contribution is -2.44. The summed E-state index contributed by atoms with van der Waals surface area (Å²) in [5.41, 5.74) is 4.00. The fourth-order valence-corrected chi connectivity index (χ4v) is 3.49. The van der Waals surface area contributed by atoms with Crippen LogP contribution in [0, 0.1) is 5.92 Å². The molecule has 2 aromatic rings. The van der Waals surface area contributed by atoms with Crippen LogP contribution in [0.3, 0.4) is 0 Å². The SMILES string of the molecule is C[C@@H](C[C@H](NC(=O)OCC1c2ccccc2-c2ccccc21)C(=O)O)C(F)(F)F. The highest BCUT2D eigenvalue weighted by molar-refractivity contribution is 5.81. The highest BCUT2D eigenvalue weighted by Crippen LogP contribution is 2.44. The molecule has 2 N–H and O–H groups in total. The van der Waals surface area contributed by atoms with Crippen molar-refractivity contribution in [1.82, 2.24) is 5.32 Å². The Morgan fingerprint density at radius 3 is 2.07 bits per heavy atom. The number of nitrogens with one attached hydrogen (secondary N) is 1. The Hall–Kier alpha value is -3.03. The van der Waals surface area contributed by atoms with Crippen LogP contribution in [0.1, 0.15) is 30.4 Å². The lowest BCUT2D eigenvalue weighted by Gasteiger charge is -2.21. The fourth-order valence-electron chi connectivity index (χ4n) is 3.49. The van der Waals surface area contributed by atoms with Crippen molar-refractivity contribution in [2.75, 3.05) is 6.61 Å². The summed E-state index contributed by atoms with van der Waals surface area (Å²) in [4.78, 5) is 23.3. The van der Waals surface area contributed by atoms with Crippen LogP contribution in [0.4, 0.5) is 18.0 Å². The lowest BCUT2D eigenvalue weighted by molar-refractivity contribution is -0.174. The summed E-state index contributed by atoms with van der Waals surface area (Å²) in [5.74, 6) is -3.65. The molecule has 1 aliphatic rings. The second-order valence-corrected chi connectivity index (χ2v) is 7.04. The van der Waals surface area contributed by atoms with Gasteiger partial charge >= 0.3 is 18.2 Å². The maximum Gasteiger partial charge on any atom is 0.407 e. The number of rotatable bonds is 6. The maximum absolute atomic E-state index is 12.7. The van der Waals surface area contributed by atoms with Crippen molar-refractivity contribution in [3.05, 3.63) is 59.7 Å². The molecule has 0 saturated carbocycles. The predicted molar refractivity (Wildman–Crippen MR) is 99.5 cm³/mol. The van der Waals surface area contributed by atoms with Crippen LogP contribution >= 0.6 is 0 Å². The number of carboxylic acid groups (broad SMARTS) is 1. The van der Waals surface area contributed by atoms with E-state index in [2.05, 4.69) is 0 Å². The standard InChI is InChI=1S/C21H20F3NO4/c1-12(21(22,23)24)10-18(19(26)27)25-20(28)29-11-17-15-8-4-2-6-13(15)14-7-3-5-9-16(14)17/h2-9,12,17-18H,10-11H2,1H3,(H,25,28)(H,26,27)/t12-,18-/m0/s1.